The molecule has 0 unspecified atom stereocenters. The standard InChI is InChI=1S/C16H24N4OS/c1-16(2,3)12-7-14(9-18-8-12)21-10-13(17)11-22-15-19-5-6-20(15)4/h5-9,13H,10-11,17H2,1-4H3/t13-/m1/s1. The molecule has 2 heterocycles. The summed E-state index contributed by atoms with van der Waals surface area (Å²) in [6.45, 7) is 6.93. The van der Waals surface area contributed by atoms with E-state index in [0.29, 0.717) is 6.61 Å². The second-order valence-corrected chi connectivity index (χ2v) is 7.35. The fourth-order valence-electron chi connectivity index (χ4n) is 1.83. The quantitative estimate of drug-likeness (QED) is 0.829. The summed E-state index contributed by atoms with van der Waals surface area (Å²) in [4.78, 5) is 8.51. The Morgan fingerprint density at radius 3 is 2.77 bits per heavy atom. The molecule has 6 heteroatoms. The number of aryl methyl sites for hydroxylation is 1. The molecule has 0 bridgehead atoms. The molecule has 0 saturated carbocycles. The van der Waals surface area contributed by atoms with Crippen LogP contribution in [0, 0.1) is 0 Å². The van der Waals surface area contributed by atoms with Crippen LogP contribution in [0.5, 0.6) is 5.75 Å². The Bertz CT molecular complexity index is 606. The molecule has 120 valence electrons. The van der Waals surface area contributed by atoms with Crippen LogP contribution in [-0.4, -0.2) is 32.9 Å². The number of rotatable bonds is 6. The SMILES string of the molecule is Cn1ccnc1SC[C@H](N)COc1cncc(C(C)(C)C)c1. The number of aromatic nitrogens is 3. The summed E-state index contributed by atoms with van der Waals surface area (Å²) in [5.74, 6) is 1.53. The summed E-state index contributed by atoms with van der Waals surface area (Å²) >= 11 is 1.64. The second-order valence-electron chi connectivity index (χ2n) is 6.36. The minimum absolute atomic E-state index is 0.0556. The number of thioether (sulfide) groups is 1. The number of hydrogen-bond donors (Lipinski definition) is 1. The Morgan fingerprint density at radius 2 is 2.14 bits per heavy atom. The maximum atomic E-state index is 6.11. The lowest BCUT2D eigenvalue weighted by atomic mass is 9.88. The van der Waals surface area contributed by atoms with Crippen molar-refractivity contribution >= 4 is 11.8 Å². The van der Waals surface area contributed by atoms with Crippen LogP contribution in [-0.2, 0) is 12.5 Å². The van der Waals surface area contributed by atoms with Crippen LogP contribution in [0.25, 0.3) is 0 Å². The molecular weight excluding hydrogens is 296 g/mol. The van der Waals surface area contributed by atoms with Gasteiger partial charge in [0.05, 0.1) is 6.20 Å². The second kappa shape index (κ2) is 7.15. The molecule has 2 aromatic heterocycles. The fourth-order valence-corrected chi connectivity index (χ4v) is 2.69. The van der Waals surface area contributed by atoms with E-state index in [1.54, 1.807) is 24.2 Å². The van der Waals surface area contributed by atoms with Gasteiger partial charge in [0.2, 0.25) is 0 Å². The Hall–Kier alpha value is -1.53. The molecular formula is C16H24N4OS. The van der Waals surface area contributed by atoms with Gasteiger partial charge in [-0.1, -0.05) is 32.5 Å². The third kappa shape index (κ3) is 4.74. The molecule has 0 amide bonds. The normalized spacial score (nSPS) is 13.1. The van der Waals surface area contributed by atoms with Crippen LogP contribution in [0.3, 0.4) is 0 Å². The first-order valence-electron chi connectivity index (χ1n) is 7.30. The first-order valence-corrected chi connectivity index (χ1v) is 8.29. The minimum atomic E-state index is -0.0556. The number of nitrogens with two attached hydrogens (primary N) is 1. The van der Waals surface area contributed by atoms with E-state index in [2.05, 4.69) is 30.7 Å². The van der Waals surface area contributed by atoms with Gasteiger partial charge in [0.25, 0.3) is 0 Å². The summed E-state index contributed by atoms with van der Waals surface area (Å²) in [6.07, 6.45) is 7.32. The van der Waals surface area contributed by atoms with Crippen LogP contribution in [0.2, 0.25) is 0 Å². The smallest absolute Gasteiger partial charge is 0.167 e. The Morgan fingerprint density at radius 1 is 1.36 bits per heavy atom. The molecule has 0 fully saturated rings. The molecule has 2 N–H and O–H groups in total. The van der Waals surface area contributed by atoms with E-state index in [9.17, 15) is 0 Å². The molecule has 0 aliphatic heterocycles. The first kappa shape index (κ1) is 16.8. The molecule has 0 saturated heterocycles. The molecule has 0 spiro atoms. The van der Waals surface area contributed by atoms with Crippen molar-refractivity contribution in [2.24, 2.45) is 12.8 Å². The van der Waals surface area contributed by atoms with Crippen molar-refractivity contribution in [2.45, 2.75) is 37.4 Å². The molecule has 0 aliphatic rings. The van der Waals surface area contributed by atoms with Gasteiger partial charge in [-0.3, -0.25) is 4.98 Å². The lowest BCUT2D eigenvalue weighted by molar-refractivity contribution is 0.296. The molecule has 2 rings (SSSR count). The van der Waals surface area contributed by atoms with Crippen molar-refractivity contribution in [3.8, 4) is 5.75 Å². The van der Waals surface area contributed by atoms with Crippen LogP contribution in [0.1, 0.15) is 26.3 Å². The van der Waals surface area contributed by atoms with E-state index in [1.807, 2.05) is 30.1 Å². The lowest BCUT2D eigenvalue weighted by Gasteiger charge is -2.19. The zero-order chi connectivity index (χ0) is 16.2. The number of imidazole rings is 1. The summed E-state index contributed by atoms with van der Waals surface area (Å²) in [5.41, 5.74) is 7.32. The van der Waals surface area contributed by atoms with Crippen LogP contribution in [0.15, 0.2) is 36.0 Å². The topological polar surface area (TPSA) is 66.0 Å². The van der Waals surface area contributed by atoms with E-state index < -0.39 is 0 Å². The van der Waals surface area contributed by atoms with Gasteiger partial charge in [0.15, 0.2) is 5.16 Å². The van der Waals surface area contributed by atoms with Gasteiger partial charge < -0.3 is 15.0 Å². The summed E-state index contributed by atoms with van der Waals surface area (Å²) in [5, 5.41) is 0.965. The van der Waals surface area contributed by atoms with Crippen molar-refractivity contribution in [1.29, 1.82) is 0 Å². The highest BCUT2D eigenvalue weighted by molar-refractivity contribution is 7.99. The fraction of sp³-hybridized carbons (Fsp3) is 0.500. The molecule has 0 aromatic carbocycles. The number of hydrogen-bond acceptors (Lipinski definition) is 5. The molecule has 2 aromatic rings. The summed E-state index contributed by atoms with van der Waals surface area (Å²) in [7, 11) is 1.97. The molecule has 5 nitrogen and oxygen atoms in total. The van der Waals surface area contributed by atoms with Gasteiger partial charge >= 0.3 is 0 Å². The van der Waals surface area contributed by atoms with E-state index >= 15 is 0 Å². The van der Waals surface area contributed by atoms with Gasteiger partial charge in [-0.2, -0.15) is 0 Å². The Labute approximate surface area is 136 Å². The van der Waals surface area contributed by atoms with Gasteiger partial charge in [-0.25, -0.2) is 4.98 Å². The van der Waals surface area contributed by atoms with Gasteiger partial charge in [0, 0.05) is 37.4 Å². The van der Waals surface area contributed by atoms with Crippen molar-refractivity contribution in [3.63, 3.8) is 0 Å². The average molecular weight is 320 g/mol. The summed E-state index contributed by atoms with van der Waals surface area (Å²) < 4.78 is 7.76. The largest absolute Gasteiger partial charge is 0.490 e. The molecule has 0 aliphatic carbocycles. The molecule has 0 radical (unpaired) electrons. The number of nitrogens with zero attached hydrogens (tertiary/aromatic N) is 3. The lowest BCUT2D eigenvalue weighted by Crippen LogP contribution is -2.30. The van der Waals surface area contributed by atoms with E-state index in [0.717, 1.165) is 22.2 Å². The highest BCUT2D eigenvalue weighted by Gasteiger charge is 2.15. The van der Waals surface area contributed by atoms with Gasteiger partial charge in [-0.15, -0.1) is 0 Å². The van der Waals surface area contributed by atoms with E-state index in [-0.39, 0.29) is 11.5 Å². The van der Waals surface area contributed by atoms with Crippen molar-refractivity contribution in [3.05, 3.63) is 36.4 Å². The first-order chi connectivity index (χ1) is 10.4. The minimum Gasteiger partial charge on any atom is -0.490 e. The molecule has 22 heavy (non-hydrogen) atoms. The van der Waals surface area contributed by atoms with E-state index in [1.165, 1.54) is 0 Å². The predicted molar refractivity (Wildman–Crippen MR) is 90.3 cm³/mol. The number of ether oxygens (including phenoxy) is 1. The van der Waals surface area contributed by atoms with Crippen LogP contribution < -0.4 is 10.5 Å². The number of pyridine rings is 1. The third-order valence-electron chi connectivity index (χ3n) is 3.25. The highest BCUT2D eigenvalue weighted by Crippen LogP contribution is 2.24. The van der Waals surface area contributed by atoms with Crippen molar-refractivity contribution in [2.75, 3.05) is 12.4 Å². The van der Waals surface area contributed by atoms with Crippen molar-refractivity contribution < 1.29 is 4.74 Å². The average Bonchev–Trinajstić information content (AvgIpc) is 2.88. The summed E-state index contributed by atoms with van der Waals surface area (Å²) in [6, 6.07) is 1.98. The Balaban J connectivity index is 1.83. The Kier molecular flexibility index (Phi) is 5.47. The van der Waals surface area contributed by atoms with E-state index in [4.69, 9.17) is 10.5 Å². The maximum Gasteiger partial charge on any atom is 0.167 e. The van der Waals surface area contributed by atoms with Gasteiger partial charge in [0.1, 0.15) is 12.4 Å². The monoisotopic (exact) mass is 320 g/mol. The maximum absolute atomic E-state index is 6.11. The van der Waals surface area contributed by atoms with Crippen molar-refractivity contribution in [1.82, 2.24) is 14.5 Å². The van der Waals surface area contributed by atoms with Crippen LogP contribution in [0.4, 0.5) is 0 Å². The van der Waals surface area contributed by atoms with Crippen LogP contribution >= 0.6 is 11.8 Å². The molecule has 1 atom stereocenters. The zero-order valence-electron chi connectivity index (χ0n) is 13.6. The highest BCUT2D eigenvalue weighted by atomic mass is 32.2. The zero-order valence-corrected chi connectivity index (χ0v) is 14.4. The van der Waals surface area contributed by atoms with Gasteiger partial charge in [-0.05, 0) is 17.0 Å². The third-order valence-corrected chi connectivity index (χ3v) is 4.49. The predicted octanol–water partition coefficient (Wildman–Crippen LogP) is 2.61.